The molecule has 14 heteroatoms. The minimum absolute atomic E-state index is 0.617. The number of hydrogen-bond acceptors (Lipinski definition) is 9. The monoisotopic (exact) mass is 352 g/mol. The molecule has 0 saturated carbocycles. The molecule has 1 unspecified atom stereocenters. The van der Waals surface area contributed by atoms with Gasteiger partial charge in [-0.05, 0) is 0 Å². The van der Waals surface area contributed by atoms with Gasteiger partial charge in [-0.2, -0.15) is 0 Å². The molecule has 0 aromatic heterocycles. The Labute approximate surface area is 133 Å². The first-order valence-electron chi connectivity index (χ1n) is 6.32. The minimum Gasteiger partial charge on any atom is -0.479 e. The number of carboxylic acids is 1. The van der Waals surface area contributed by atoms with E-state index in [2.05, 4.69) is 10.1 Å². The molecule has 136 valence electrons. The highest BCUT2D eigenvalue weighted by Gasteiger charge is 2.46. The number of imide groups is 1. The Hall–Kier alpha value is -2.52. The van der Waals surface area contributed by atoms with E-state index in [4.69, 9.17) is 31.3 Å². The molecule has 2 aliphatic rings. The molecular weight excluding hydrogens is 336 g/mol. The third-order valence-electron chi connectivity index (χ3n) is 2.89. The van der Waals surface area contributed by atoms with Gasteiger partial charge in [0.25, 0.3) is 5.91 Å². The Morgan fingerprint density at radius 2 is 1.67 bits per heavy atom. The number of carboxylic acid groups (broad SMARTS) is 1. The van der Waals surface area contributed by atoms with Crippen LogP contribution in [0.5, 0.6) is 0 Å². The van der Waals surface area contributed by atoms with Crippen molar-refractivity contribution in [2.45, 2.75) is 36.9 Å². The normalized spacial score (nSPS) is 35.2. The molecule has 0 aliphatic carbocycles. The molecule has 2 heterocycles. The number of urea groups is 2. The highest BCUT2D eigenvalue weighted by molar-refractivity contribution is 6.05. The maximum absolute atomic E-state index is 10.7. The van der Waals surface area contributed by atoms with Crippen LogP contribution < -0.4 is 21.7 Å². The molecule has 10 N–H and O–H groups in total. The summed E-state index contributed by atoms with van der Waals surface area (Å²) in [4.78, 5) is 41.6. The smallest absolute Gasteiger partial charge is 0.335 e. The van der Waals surface area contributed by atoms with E-state index in [0.717, 1.165) is 0 Å². The van der Waals surface area contributed by atoms with Crippen LogP contribution in [0, 0.1) is 0 Å². The number of amides is 5. The highest BCUT2D eigenvalue weighted by atomic mass is 16.6. The van der Waals surface area contributed by atoms with Crippen molar-refractivity contribution in [3.05, 3.63) is 0 Å². The summed E-state index contributed by atoms with van der Waals surface area (Å²) in [6.45, 7) is 0. The lowest BCUT2D eigenvalue weighted by Crippen LogP contribution is -2.59. The standard InChI is InChI=1S/C6H10O7.C4H6N4O3/c7-1-2(8)4(5(10)11)13-6(12)3(1)9;5-3(10)6-1-2(9)8-4(11)7-1/h1-4,6-9,12H,(H,10,11);1H,(H3,5,6,10)(H2,7,8,9,11)/t1-,2+,3+,4-,6-;/m0./s1. The summed E-state index contributed by atoms with van der Waals surface area (Å²) in [6.07, 6.45) is -9.76. The number of carbonyl (C=O) groups excluding carboxylic acids is 3. The number of rotatable bonds is 2. The number of primary amides is 1. The Balaban J connectivity index is 0.000000243. The van der Waals surface area contributed by atoms with Gasteiger partial charge in [-0.3, -0.25) is 10.1 Å². The van der Waals surface area contributed by atoms with Gasteiger partial charge in [-0.25, -0.2) is 14.4 Å². The summed E-state index contributed by atoms with van der Waals surface area (Å²) in [5.74, 6) is -2.13. The summed E-state index contributed by atoms with van der Waals surface area (Å²) >= 11 is 0. The fraction of sp³-hybridized carbons (Fsp3) is 0.600. The van der Waals surface area contributed by atoms with Crippen LogP contribution in [0.1, 0.15) is 0 Å². The quantitative estimate of drug-likeness (QED) is 0.214. The number of aliphatic hydroxyl groups is 4. The molecule has 2 aliphatic heterocycles. The number of carbonyl (C=O) groups is 4. The number of nitrogens with one attached hydrogen (secondary N) is 3. The third-order valence-corrected chi connectivity index (χ3v) is 2.89. The molecule has 2 saturated heterocycles. The fourth-order valence-corrected chi connectivity index (χ4v) is 1.73. The van der Waals surface area contributed by atoms with Crippen molar-refractivity contribution in [2.24, 2.45) is 5.73 Å². The van der Waals surface area contributed by atoms with Gasteiger partial charge in [0.2, 0.25) is 0 Å². The summed E-state index contributed by atoms with van der Waals surface area (Å²) in [5.41, 5.74) is 4.70. The van der Waals surface area contributed by atoms with E-state index in [9.17, 15) is 19.2 Å². The van der Waals surface area contributed by atoms with E-state index in [1.807, 2.05) is 10.6 Å². The van der Waals surface area contributed by atoms with Gasteiger partial charge in [0.15, 0.2) is 18.6 Å². The highest BCUT2D eigenvalue weighted by Crippen LogP contribution is 2.19. The van der Waals surface area contributed by atoms with Crippen molar-refractivity contribution in [2.75, 3.05) is 0 Å². The van der Waals surface area contributed by atoms with E-state index in [0.29, 0.717) is 0 Å². The number of ether oxygens (including phenoxy) is 1. The van der Waals surface area contributed by atoms with Gasteiger partial charge in [0, 0.05) is 0 Å². The van der Waals surface area contributed by atoms with Crippen molar-refractivity contribution < 1.29 is 49.4 Å². The SMILES string of the molecule is NC(=O)NC1NC(=O)NC1=O.O=C(O)[C@H]1O[C@H](O)[C@H](O)[C@@H](O)[C@H]1O. The van der Waals surface area contributed by atoms with Crippen molar-refractivity contribution >= 4 is 23.9 Å². The zero-order valence-electron chi connectivity index (χ0n) is 11.8. The van der Waals surface area contributed by atoms with Gasteiger partial charge < -0.3 is 46.6 Å². The maximum Gasteiger partial charge on any atom is 0.335 e. The second-order valence-electron chi connectivity index (χ2n) is 4.66. The predicted molar refractivity (Wildman–Crippen MR) is 69.7 cm³/mol. The fourth-order valence-electron chi connectivity index (χ4n) is 1.73. The molecule has 0 bridgehead atoms. The van der Waals surface area contributed by atoms with Crippen LogP contribution in [0.3, 0.4) is 0 Å². The first-order chi connectivity index (χ1) is 11.0. The molecule has 0 aromatic rings. The zero-order valence-corrected chi connectivity index (χ0v) is 11.8. The Kier molecular flexibility index (Phi) is 6.38. The number of aliphatic hydroxyl groups excluding tert-OH is 4. The first-order valence-corrected chi connectivity index (χ1v) is 6.32. The van der Waals surface area contributed by atoms with Crippen LogP contribution in [-0.4, -0.2) is 86.3 Å². The average Bonchev–Trinajstić information content (AvgIpc) is 2.78. The van der Waals surface area contributed by atoms with Crippen molar-refractivity contribution in [3.63, 3.8) is 0 Å². The number of hydrogen-bond donors (Lipinski definition) is 9. The zero-order chi connectivity index (χ0) is 18.6. The van der Waals surface area contributed by atoms with Gasteiger partial charge in [0.1, 0.15) is 18.3 Å². The van der Waals surface area contributed by atoms with Crippen LogP contribution in [-0.2, 0) is 14.3 Å². The third kappa shape index (κ3) is 4.74. The Morgan fingerprint density at radius 1 is 1.08 bits per heavy atom. The molecule has 6 atom stereocenters. The Morgan fingerprint density at radius 3 is 2.08 bits per heavy atom. The topological polar surface area (TPSA) is 241 Å². The Bertz CT molecular complexity index is 528. The van der Waals surface area contributed by atoms with Crippen molar-refractivity contribution in [3.8, 4) is 0 Å². The molecule has 14 nitrogen and oxygen atoms in total. The van der Waals surface area contributed by atoms with E-state index < -0.39 is 60.8 Å². The molecule has 2 fully saturated rings. The van der Waals surface area contributed by atoms with Gasteiger partial charge in [-0.15, -0.1) is 0 Å². The molecule has 5 amide bonds. The molecule has 0 radical (unpaired) electrons. The van der Waals surface area contributed by atoms with Crippen LogP contribution in [0.15, 0.2) is 0 Å². The number of nitrogens with two attached hydrogens (primary N) is 1. The molecule has 24 heavy (non-hydrogen) atoms. The van der Waals surface area contributed by atoms with Crippen LogP contribution in [0.2, 0.25) is 0 Å². The molecule has 0 spiro atoms. The van der Waals surface area contributed by atoms with Crippen molar-refractivity contribution in [1.82, 2.24) is 16.0 Å². The van der Waals surface area contributed by atoms with E-state index in [1.165, 1.54) is 0 Å². The summed E-state index contributed by atoms with van der Waals surface area (Å²) in [6, 6.07) is -1.51. The van der Waals surface area contributed by atoms with Crippen LogP contribution in [0.4, 0.5) is 9.59 Å². The molecule has 2 rings (SSSR count). The summed E-state index contributed by atoms with van der Waals surface area (Å²) in [7, 11) is 0. The summed E-state index contributed by atoms with van der Waals surface area (Å²) < 4.78 is 4.34. The molecule has 0 aromatic carbocycles. The lowest BCUT2D eigenvalue weighted by Gasteiger charge is -2.36. The first kappa shape index (κ1) is 19.5. The predicted octanol–water partition coefficient (Wildman–Crippen LogP) is -5.31. The number of aliphatic carboxylic acids is 1. The van der Waals surface area contributed by atoms with Crippen molar-refractivity contribution in [1.29, 1.82) is 0 Å². The van der Waals surface area contributed by atoms with Gasteiger partial charge >= 0.3 is 18.0 Å². The van der Waals surface area contributed by atoms with Crippen LogP contribution >= 0.6 is 0 Å². The lowest BCUT2D eigenvalue weighted by atomic mass is 9.99. The van der Waals surface area contributed by atoms with Crippen LogP contribution in [0.25, 0.3) is 0 Å². The maximum atomic E-state index is 10.7. The van der Waals surface area contributed by atoms with E-state index in [-0.39, 0.29) is 0 Å². The minimum atomic E-state index is -1.81. The van der Waals surface area contributed by atoms with Gasteiger partial charge in [-0.1, -0.05) is 0 Å². The lowest BCUT2D eigenvalue weighted by molar-refractivity contribution is -0.279. The largest absolute Gasteiger partial charge is 0.479 e. The average molecular weight is 352 g/mol. The second kappa shape index (κ2) is 7.84. The van der Waals surface area contributed by atoms with E-state index >= 15 is 0 Å². The van der Waals surface area contributed by atoms with Gasteiger partial charge in [0.05, 0.1) is 0 Å². The summed E-state index contributed by atoms with van der Waals surface area (Å²) in [5, 5.41) is 50.4. The van der Waals surface area contributed by atoms with E-state index in [1.54, 1.807) is 0 Å². The molecular formula is C10H16N4O10. The second-order valence-corrected chi connectivity index (χ2v) is 4.66.